The van der Waals surface area contributed by atoms with Crippen LogP contribution in [0.1, 0.15) is 23.6 Å². The van der Waals surface area contributed by atoms with Crippen LogP contribution >= 0.6 is 11.6 Å². The molecule has 34 heavy (non-hydrogen) atoms. The van der Waals surface area contributed by atoms with E-state index in [2.05, 4.69) is 15.8 Å². The number of amides is 2. The number of hydrogen-bond acceptors (Lipinski definition) is 5. The molecule has 0 fully saturated rings. The average molecular weight is 484 g/mol. The lowest BCUT2D eigenvalue weighted by molar-refractivity contribution is -0.136. The highest BCUT2D eigenvalue weighted by molar-refractivity contribution is 6.40. The van der Waals surface area contributed by atoms with Gasteiger partial charge in [-0.25, -0.2) is 9.82 Å². The molecule has 176 valence electrons. The van der Waals surface area contributed by atoms with Crippen LogP contribution in [0.2, 0.25) is 5.02 Å². The van der Waals surface area contributed by atoms with Gasteiger partial charge in [-0.1, -0.05) is 35.9 Å². The number of carbonyl (C=O) groups is 2. The summed E-state index contributed by atoms with van der Waals surface area (Å²) in [6, 6.07) is 16.3. The van der Waals surface area contributed by atoms with E-state index >= 15 is 0 Å². The normalized spacial score (nSPS) is 10.7. The first-order valence-corrected chi connectivity index (χ1v) is 10.8. The molecule has 0 saturated heterocycles. The number of hydrazone groups is 1. The molecule has 2 amide bonds. The zero-order valence-electron chi connectivity index (χ0n) is 18.6. The second-order valence-corrected chi connectivity index (χ2v) is 7.49. The monoisotopic (exact) mass is 483 g/mol. The zero-order valence-corrected chi connectivity index (χ0v) is 19.4. The van der Waals surface area contributed by atoms with Gasteiger partial charge in [-0.2, -0.15) is 5.10 Å². The highest BCUT2D eigenvalue weighted by Crippen LogP contribution is 2.29. The first kappa shape index (κ1) is 24.7. The van der Waals surface area contributed by atoms with Crippen molar-refractivity contribution in [3.8, 4) is 11.5 Å². The molecule has 0 aliphatic heterocycles. The Kier molecular flexibility index (Phi) is 8.59. The van der Waals surface area contributed by atoms with Gasteiger partial charge in [0.1, 0.15) is 12.4 Å². The maximum absolute atomic E-state index is 13.8. The second-order valence-electron chi connectivity index (χ2n) is 7.08. The Hall–Kier alpha value is -3.91. The summed E-state index contributed by atoms with van der Waals surface area (Å²) in [5.74, 6) is -1.31. The molecule has 0 saturated carbocycles. The Balaban J connectivity index is 1.61. The van der Waals surface area contributed by atoms with Crippen molar-refractivity contribution in [2.45, 2.75) is 20.5 Å². The molecular weight excluding hydrogens is 461 g/mol. The first-order valence-electron chi connectivity index (χ1n) is 10.4. The smallest absolute Gasteiger partial charge is 0.329 e. The molecule has 0 spiro atoms. The van der Waals surface area contributed by atoms with Crippen molar-refractivity contribution in [2.24, 2.45) is 5.10 Å². The molecule has 0 bridgehead atoms. The van der Waals surface area contributed by atoms with Crippen molar-refractivity contribution in [2.75, 3.05) is 11.9 Å². The lowest BCUT2D eigenvalue weighted by Crippen LogP contribution is -2.32. The van der Waals surface area contributed by atoms with E-state index in [-0.39, 0.29) is 12.4 Å². The average Bonchev–Trinajstić information content (AvgIpc) is 2.82. The van der Waals surface area contributed by atoms with Gasteiger partial charge in [0.25, 0.3) is 0 Å². The third-order valence-electron chi connectivity index (χ3n) is 4.71. The SMILES string of the molecule is CCOc1cc(C=NNC(=O)C(=O)Nc2cccc(Cl)c2C)ccc1OCc1ccccc1F. The molecule has 2 N–H and O–H groups in total. The van der Waals surface area contributed by atoms with Gasteiger partial charge >= 0.3 is 11.8 Å². The topological polar surface area (TPSA) is 89.0 Å². The molecule has 9 heteroatoms. The summed E-state index contributed by atoms with van der Waals surface area (Å²) >= 11 is 6.02. The third kappa shape index (κ3) is 6.55. The molecule has 3 aromatic rings. The van der Waals surface area contributed by atoms with Crippen molar-refractivity contribution < 1.29 is 23.5 Å². The highest BCUT2D eigenvalue weighted by Gasteiger charge is 2.15. The predicted molar refractivity (Wildman–Crippen MR) is 129 cm³/mol. The van der Waals surface area contributed by atoms with Gasteiger partial charge in [0.2, 0.25) is 0 Å². The molecule has 0 radical (unpaired) electrons. The van der Waals surface area contributed by atoms with Crippen LogP contribution in [0.15, 0.2) is 65.8 Å². The van der Waals surface area contributed by atoms with Crippen LogP contribution in [0.4, 0.5) is 10.1 Å². The molecule has 7 nitrogen and oxygen atoms in total. The molecule has 3 aromatic carbocycles. The summed E-state index contributed by atoms with van der Waals surface area (Å²) in [6.45, 7) is 3.98. The van der Waals surface area contributed by atoms with Crippen molar-refractivity contribution >= 4 is 35.3 Å². The van der Waals surface area contributed by atoms with Crippen molar-refractivity contribution in [1.82, 2.24) is 5.43 Å². The van der Waals surface area contributed by atoms with Gasteiger partial charge in [0, 0.05) is 16.3 Å². The highest BCUT2D eigenvalue weighted by atomic mass is 35.5. The minimum atomic E-state index is -0.939. The van der Waals surface area contributed by atoms with E-state index in [1.54, 1.807) is 61.5 Å². The summed E-state index contributed by atoms with van der Waals surface area (Å²) in [6.07, 6.45) is 1.36. The molecule has 0 aliphatic rings. The standard InChI is InChI=1S/C25H23ClFN3O4/c1-3-33-23-13-17(11-12-22(23)34-15-18-7-4-5-9-20(18)27)14-28-30-25(32)24(31)29-21-10-6-8-19(26)16(21)2/h4-14H,3,15H2,1-2H3,(H,29,31)(H,30,32). The number of ether oxygens (including phenoxy) is 2. The molecule has 0 unspecified atom stereocenters. The number of halogens is 2. The number of hydrogen-bond donors (Lipinski definition) is 2. The Morgan fingerprint density at radius 1 is 1.03 bits per heavy atom. The quantitative estimate of drug-likeness (QED) is 0.272. The zero-order chi connectivity index (χ0) is 24.5. The van der Waals surface area contributed by atoms with Crippen LogP contribution in [-0.2, 0) is 16.2 Å². The molecule has 0 heterocycles. The minimum absolute atomic E-state index is 0.0391. The molecule has 0 aliphatic carbocycles. The lowest BCUT2D eigenvalue weighted by atomic mass is 10.2. The van der Waals surface area contributed by atoms with Crippen molar-refractivity contribution in [1.29, 1.82) is 0 Å². The predicted octanol–water partition coefficient (Wildman–Crippen LogP) is 4.85. The molecule has 0 atom stereocenters. The van der Waals surface area contributed by atoms with Crippen LogP contribution in [0.5, 0.6) is 11.5 Å². The van der Waals surface area contributed by atoms with Crippen LogP contribution in [0.25, 0.3) is 0 Å². The Morgan fingerprint density at radius 3 is 2.59 bits per heavy atom. The number of nitrogens with zero attached hydrogens (tertiary/aromatic N) is 1. The number of nitrogens with one attached hydrogen (secondary N) is 2. The van der Waals surface area contributed by atoms with E-state index in [1.807, 2.05) is 6.92 Å². The van der Waals surface area contributed by atoms with Crippen LogP contribution < -0.4 is 20.2 Å². The van der Waals surface area contributed by atoms with Crippen molar-refractivity contribution in [3.05, 3.63) is 88.2 Å². The summed E-state index contributed by atoms with van der Waals surface area (Å²) in [7, 11) is 0. The third-order valence-corrected chi connectivity index (χ3v) is 5.12. The van der Waals surface area contributed by atoms with E-state index in [1.165, 1.54) is 12.3 Å². The van der Waals surface area contributed by atoms with Crippen molar-refractivity contribution in [3.63, 3.8) is 0 Å². The van der Waals surface area contributed by atoms with E-state index in [0.29, 0.717) is 45.5 Å². The number of anilines is 1. The van der Waals surface area contributed by atoms with Gasteiger partial charge < -0.3 is 14.8 Å². The Bertz CT molecular complexity index is 1220. The summed E-state index contributed by atoms with van der Waals surface area (Å²) in [5, 5.41) is 6.79. The Labute approximate surface area is 201 Å². The van der Waals surface area contributed by atoms with Crippen LogP contribution in [0, 0.1) is 12.7 Å². The first-order chi connectivity index (χ1) is 16.4. The van der Waals surface area contributed by atoms with Crippen LogP contribution in [0.3, 0.4) is 0 Å². The second kappa shape index (κ2) is 11.8. The summed E-state index contributed by atoms with van der Waals surface area (Å²) in [4.78, 5) is 24.2. The fourth-order valence-electron chi connectivity index (χ4n) is 2.90. The van der Waals surface area contributed by atoms with Gasteiger partial charge in [-0.05, 0) is 61.4 Å². The van der Waals surface area contributed by atoms with E-state index in [9.17, 15) is 14.0 Å². The van der Waals surface area contributed by atoms with Gasteiger partial charge in [-0.15, -0.1) is 0 Å². The fourth-order valence-corrected chi connectivity index (χ4v) is 3.08. The molecule has 0 aromatic heterocycles. The van der Waals surface area contributed by atoms with Gasteiger partial charge in [-0.3, -0.25) is 9.59 Å². The van der Waals surface area contributed by atoms with E-state index in [4.69, 9.17) is 21.1 Å². The Morgan fingerprint density at radius 2 is 1.82 bits per heavy atom. The van der Waals surface area contributed by atoms with Gasteiger partial charge in [0.15, 0.2) is 11.5 Å². The lowest BCUT2D eigenvalue weighted by Gasteiger charge is -2.13. The van der Waals surface area contributed by atoms with E-state index in [0.717, 1.165) is 0 Å². The maximum atomic E-state index is 13.8. The number of benzene rings is 3. The largest absolute Gasteiger partial charge is 0.490 e. The molecule has 3 rings (SSSR count). The molecular formula is C25H23ClFN3O4. The maximum Gasteiger partial charge on any atom is 0.329 e. The number of rotatable bonds is 8. The summed E-state index contributed by atoms with van der Waals surface area (Å²) in [5.41, 5.74) is 4.27. The van der Waals surface area contributed by atoms with Crippen LogP contribution in [-0.4, -0.2) is 24.6 Å². The van der Waals surface area contributed by atoms with Gasteiger partial charge in [0.05, 0.1) is 12.8 Å². The fraction of sp³-hybridized carbons (Fsp3) is 0.160. The number of carbonyl (C=O) groups excluding carboxylic acids is 2. The summed E-state index contributed by atoms with van der Waals surface area (Å²) < 4.78 is 25.2. The van der Waals surface area contributed by atoms with E-state index < -0.39 is 11.8 Å². The minimum Gasteiger partial charge on any atom is -0.490 e.